The SMILES string of the molecule is O=C(CNC1=CCC(c2cccs2)=C1)Nc1cc(-c2ccc(Cl)cc2)[nH]n1. The molecule has 2 heterocycles. The van der Waals surface area contributed by atoms with Crippen LogP contribution in [-0.4, -0.2) is 22.6 Å². The van der Waals surface area contributed by atoms with Crippen LogP contribution in [0, 0.1) is 0 Å². The number of aromatic nitrogens is 2. The second kappa shape index (κ2) is 7.82. The Hall–Kier alpha value is -2.83. The average Bonchev–Trinajstić information content (AvgIpc) is 3.42. The van der Waals surface area contributed by atoms with E-state index >= 15 is 0 Å². The molecule has 1 amide bonds. The number of benzene rings is 1. The fourth-order valence-electron chi connectivity index (χ4n) is 2.81. The molecule has 1 aliphatic rings. The number of nitrogens with one attached hydrogen (secondary N) is 3. The average molecular weight is 397 g/mol. The van der Waals surface area contributed by atoms with Gasteiger partial charge in [0.2, 0.25) is 5.91 Å². The van der Waals surface area contributed by atoms with Gasteiger partial charge in [-0.2, -0.15) is 5.10 Å². The summed E-state index contributed by atoms with van der Waals surface area (Å²) in [7, 11) is 0. The quantitative estimate of drug-likeness (QED) is 0.566. The van der Waals surface area contributed by atoms with E-state index in [9.17, 15) is 4.79 Å². The summed E-state index contributed by atoms with van der Waals surface area (Å²) in [6.07, 6.45) is 5.07. The van der Waals surface area contributed by atoms with Crippen molar-refractivity contribution in [2.75, 3.05) is 11.9 Å². The first-order valence-electron chi connectivity index (χ1n) is 8.47. The molecule has 2 aromatic heterocycles. The van der Waals surface area contributed by atoms with Crippen molar-refractivity contribution in [2.24, 2.45) is 0 Å². The molecule has 0 saturated carbocycles. The van der Waals surface area contributed by atoms with E-state index in [0.29, 0.717) is 10.8 Å². The molecule has 0 bridgehead atoms. The van der Waals surface area contributed by atoms with Crippen molar-refractivity contribution in [3.8, 4) is 11.3 Å². The Morgan fingerprint density at radius 1 is 1.26 bits per heavy atom. The normalized spacial score (nSPS) is 13.2. The Balaban J connectivity index is 1.31. The summed E-state index contributed by atoms with van der Waals surface area (Å²) < 4.78 is 0. The van der Waals surface area contributed by atoms with Crippen LogP contribution in [0.25, 0.3) is 16.8 Å². The number of aromatic amines is 1. The minimum atomic E-state index is -0.150. The number of carbonyl (C=O) groups is 1. The van der Waals surface area contributed by atoms with Gasteiger partial charge in [0, 0.05) is 21.7 Å². The number of allylic oxidation sites excluding steroid dienone is 3. The molecule has 4 rings (SSSR count). The monoisotopic (exact) mass is 396 g/mol. The zero-order valence-corrected chi connectivity index (χ0v) is 15.9. The van der Waals surface area contributed by atoms with Gasteiger partial charge in [0.05, 0.1) is 12.2 Å². The van der Waals surface area contributed by atoms with Gasteiger partial charge in [-0.25, -0.2) is 0 Å². The summed E-state index contributed by atoms with van der Waals surface area (Å²) in [5, 5.41) is 15.8. The van der Waals surface area contributed by atoms with E-state index in [1.807, 2.05) is 30.3 Å². The first-order chi connectivity index (χ1) is 13.2. The van der Waals surface area contributed by atoms with Crippen LogP contribution < -0.4 is 10.6 Å². The number of H-pyrrole nitrogens is 1. The lowest BCUT2D eigenvalue weighted by atomic mass is 10.1. The molecule has 136 valence electrons. The summed E-state index contributed by atoms with van der Waals surface area (Å²) >= 11 is 7.62. The van der Waals surface area contributed by atoms with Crippen LogP contribution in [0.4, 0.5) is 5.82 Å². The van der Waals surface area contributed by atoms with E-state index in [-0.39, 0.29) is 12.5 Å². The molecule has 1 aromatic carbocycles. The maximum Gasteiger partial charge on any atom is 0.244 e. The van der Waals surface area contributed by atoms with Crippen LogP contribution in [0.15, 0.2) is 65.7 Å². The first-order valence-corrected chi connectivity index (χ1v) is 9.73. The highest BCUT2D eigenvalue weighted by Crippen LogP contribution is 2.29. The molecule has 5 nitrogen and oxygen atoms in total. The summed E-state index contributed by atoms with van der Waals surface area (Å²) in [6, 6.07) is 13.4. The van der Waals surface area contributed by atoms with Crippen LogP contribution >= 0.6 is 22.9 Å². The van der Waals surface area contributed by atoms with Gasteiger partial charge in [-0.15, -0.1) is 11.3 Å². The summed E-state index contributed by atoms with van der Waals surface area (Å²) in [5.74, 6) is 0.338. The number of hydrogen-bond acceptors (Lipinski definition) is 4. The summed E-state index contributed by atoms with van der Waals surface area (Å²) in [5.41, 5.74) is 4.01. The fourth-order valence-corrected chi connectivity index (χ4v) is 3.69. The van der Waals surface area contributed by atoms with E-state index < -0.39 is 0 Å². The van der Waals surface area contributed by atoms with Crippen molar-refractivity contribution in [2.45, 2.75) is 6.42 Å². The number of halogens is 1. The van der Waals surface area contributed by atoms with Gasteiger partial charge in [-0.1, -0.05) is 35.9 Å². The van der Waals surface area contributed by atoms with Crippen molar-refractivity contribution in [3.63, 3.8) is 0 Å². The molecule has 1 aliphatic carbocycles. The predicted molar refractivity (Wildman–Crippen MR) is 111 cm³/mol. The molecule has 0 saturated heterocycles. The maximum absolute atomic E-state index is 12.2. The minimum Gasteiger partial charge on any atom is -0.376 e. The highest BCUT2D eigenvalue weighted by atomic mass is 35.5. The third-order valence-electron chi connectivity index (χ3n) is 4.16. The number of thiophene rings is 1. The number of carbonyl (C=O) groups excluding carboxylic acids is 1. The Morgan fingerprint density at radius 2 is 2.11 bits per heavy atom. The first kappa shape index (κ1) is 17.6. The Kier molecular flexibility index (Phi) is 5.09. The number of nitrogens with zero attached hydrogens (tertiary/aromatic N) is 1. The van der Waals surface area contributed by atoms with E-state index in [1.54, 1.807) is 17.4 Å². The van der Waals surface area contributed by atoms with E-state index in [0.717, 1.165) is 23.4 Å². The summed E-state index contributed by atoms with van der Waals surface area (Å²) in [6.45, 7) is 0.184. The van der Waals surface area contributed by atoms with Crippen molar-refractivity contribution in [1.29, 1.82) is 0 Å². The molecule has 0 atom stereocenters. The molecule has 0 unspecified atom stereocenters. The Labute approximate surface area is 165 Å². The standard InChI is InChI=1S/C20H17ClN4OS/c21-15-6-3-13(4-7-15)17-11-19(25-24-17)23-20(26)12-22-16-8-5-14(10-16)18-2-1-9-27-18/h1-4,6-11,22H,5,12H2,(H2,23,24,25,26). The molecule has 0 radical (unpaired) electrons. The van der Waals surface area contributed by atoms with Gasteiger partial charge in [0.25, 0.3) is 0 Å². The highest BCUT2D eigenvalue weighted by molar-refractivity contribution is 7.11. The van der Waals surface area contributed by atoms with Gasteiger partial charge in [0.1, 0.15) is 0 Å². The predicted octanol–water partition coefficient (Wildman–Crippen LogP) is 4.69. The third-order valence-corrected chi connectivity index (χ3v) is 5.36. The molecule has 3 N–H and O–H groups in total. The Morgan fingerprint density at radius 3 is 2.89 bits per heavy atom. The van der Waals surface area contributed by atoms with Gasteiger partial charge >= 0.3 is 0 Å². The van der Waals surface area contributed by atoms with E-state index in [4.69, 9.17) is 11.6 Å². The van der Waals surface area contributed by atoms with E-state index in [2.05, 4.69) is 44.4 Å². The maximum atomic E-state index is 12.2. The van der Waals surface area contributed by atoms with Crippen LogP contribution in [0.1, 0.15) is 11.3 Å². The van der Waals surface area contributed by atoms with Crippen molar-refractivity contribution >= 4 is 40.2 Å². The van der Waals surface area contributed by atoms with Crippen molar-refractivity contribution in [1.82, 2.24) is 15.5 Å². The number of rotatable bonds is 6. The smallest absolute Gasteiger partial charge is 0.244 e. The molecular weight excluding hydrogens is 380 g/mol. The Bertz CT molecular complexity index is 1000. The van der Waals surface area contributed by atoms with E-state index in [1.165, 1.54) is 10.5 Å². The fraction of sp³-hybridized carbons (Fsp3) is 0.100. The number of amides is 1. The second-order valence-electron chi connectivity index (χ2n) is 6.09. The second-order valence-corrected chi connectivity index (χ2v) is 7.47. The van der Waals surface area contributed by atoms with Crippen LogP contribution in [0.5, 0.6) is 0 Å². The highest BCUT2D eigenvalue weighted by Gasteiger charge is 2.11. The topological polar surface area (TPSA) is 69.8 Å². The molecule has 3 aromatic rings. The van der Waals surface area contributed by atoms with Gasteiger partial charge < -0.3 is 10.6 Å². The lowest BCUT2D eigenvalue weighted by molar-refractivity contribution is -0.115. The molecule has 7 heteroatoms. The molecular formula is C20H17ClN4OS. The van der Waals surface area contributed by atoms with Crippen LogP contribution in [0.3, 0.4) is 0 Å². The number of anilines is 1. The van der Waals surface area contributed by atoms with Gasteiger partial charge in [-0.05, 0) is 47.2 Å². The molecule has 0 aliphatic heterocycles. The molecule has 0 spiro atoms. The van der Waals surface area contributed by atoms with Crippen molar-refractivity contribution < 1.29 is 4.79 Å². The van der Waals surface area contributed by atoms with Crippen molar-refractivity contribution in [3.05, 3.63) is 75.6 Å². The molecule has 0 fully saturated rings. The molecule has 27 heavy (non-hydrogen) atoms. The van der Waals surface area contributed by atoms with Crippen LogP contribution in [0.2, 0.25) is 5.02 Å². The third kappa shape index (κ3) is 4.30. The zero-order valence-electron chi connectivity index (χ0n) is 14.3. The lowest BCUT2D eigenvalue weighted by Crippen LogP contribution is -2.27. The summed E-state index contributed by atoms with van der Waals surface area (Å²) in [4.78, 5) is 13.4. The number of hydrogen-bond donors (Lipinski definition) is 3. The zero-order chi connectivity index (χ0) is 18.6. The largest absolute Gasteiger partial charge is 0.376 e. The van der Waals surface area contributed by atoms with Gasteiger partial charge in [-0.3, -0.25) is 9.89 Å². The minimum absolute atomic E-state index is 0.150. The lowest BCUT2D eigenvalue weighted by Gasteiger charge is -2.05. The van der Waals surface area contributed by atoms with Crippen LogP contribution in [-0.2, 0) is 4.79 Å². The van der Waals surface area contributed by atoms with Gasteiger partial charge in [0.15, 0.2) is 5.82 Å².